The highest BCUT2D eigenvalue weighted by Crippen LogP contribution is 2.26. The molecule has 1 aliphatic heterocycles. The van der Waals surface area contributed by atoms with Crippen LogP contribution >= 0.6 is 0 Å². The fourth-order valence-corrected chi connectivity index (χ4v) is 3.64. The number of aromatic nitrogens is 2. The fraction of sp³-hybridized carbons (Fsp3) is 0.429. The van der Waals surface area contributed by atoms with Crippen molar-refractivity contribution in [3.8, 4) is 0 Å². The molecule has 1 aliphatic rings. The number of fused-ring (bicyclic) bond motifs is 3. The van der Waals surface area contributed by atoms with Crippen molar-refractivity contribution < 1.29 is 4.79 Å². The van der Waals surface area contributed by atoms with E-state index in [4.69, 9.17) is 4.98 Å². The van der Waals surface area contributed by atoms with Crippen LogP contribution in [0.2, 0.25) is 0 Å². The van der Waals surface area contributed by atoms with Gasteiger partial charge in [0.2, 0.25) is 0 Å². The lowest BCUT2D eigenvalue weighted by atomic mass is 10.1. The van der Waals surface area contributed by atoms with Gasteiger partial charge in [-0.2, -0.15) is 0 Å². The molecule has 3 heterocycles. The zero-order valence-electron chi connectivity index (χ0n) is 16.1. The largest absolute Gasteiger partial charge is 0.351 e. The summed E-state index contributed by atoms with van der Waals surface area (Å²) >= 11 is 0. The van der Waals surface area contributed by atoms with Gasteiger partial charge in [0.05, 0.1) is 16.6 Å². The zero-order chi connectivity index (χ0) is 18.8. The summed E-state index contributed by atoms with van der Waals surface area (Å²) in [4.78, 5) is 21.5. The third-order valence-electron chi connectivity index (χ3n) is 5.21. The molecule has 1 fully saturated rings. The van der Waals surface area contributed by atoms with Gasteiger partial charge in [-0.25, -0.2) is 9.78 Å². The maximum absolute atomic E-state index is 12.3. The number of amides is 2. The Labute approximate surface area is 159 Å². The van der Waals surface area contributed by atoms with Gasteiger partial charge < -0.3 is 19.5 Å². The number of para-hydroxylation sites is 2. The Hall–Kier alpha value is -2.76. The third kappa shape index (κ3) is 3.56. The molecule has 1 aromatic carbocycles. The van der Waals surface area contributed by atoms with E-state index in [0.717, 1.165) is 61.5 Å². The summed E-state index contributed by atoms with van der Waals surface area (Å²) in [7, 11) is 0. The third-order valence-corrected chi connectivity index (χ3v) is 5.21. The van der Waals surface area contributed by atoms with Crippen LogP contribution in [0.1, 0.15) is 20.3 Å². The van der Waals surface area contributed by atoms with Gasteiger partial charge in [-0.3, -0.25) is 0 Å². The second-order valence-electron chi connectivity index (χ2n) is 7.58. The monoisotopic (exact) mass is 365 g/mol. The Morgan fingerprint density at radius 3 is 2.59 bits per heavy atom. The lowest BCUT2D eigenvalue weighted by Gasteiger charge is -2.35. The van der Waals surface area contributed by atoms with E-state index in [1.165, 1.54) is 0 Å². The Bertz CT molecular complexity index is 940. The predicted molar refractivity (Wildman–Crippen MR) is 109 cm³/mol. The van der Waals surface area contributed by atoms with E-state index in [1.54, 1.807) is 0 Å². The van der Waals surface area contributed by atoms with E-state index in [-0.39, 0.29) is 6.03 Å². The molecule has 27 heavy (non-hydrogen) atoms. The summed E-state index contributed by atoms with van der Waals surface area (Å²) in [6, 6.07) is 12.4. The Balaban J connectivity index is 1.48. The minimum absolute atomic E-state index is 0.0506. The quantitative estimate of drug-likeness (QED) is 0.771. The number of nitrogens with zero attached hydrogens (tertiary/aromatic N) is 4. The van der Waals surface area contributed by atoms with E-state index in [2.05, 4.69) is 58.9 Å². The first-order valence-electron chi connectivity index (χ1n) is 9.77. The number of hydrogen-bond acceptors (Lipinski definition) is 3. The molecule has 4 rings (SSSR count). The van der Waals surface area contributed by atoms with Crippen molar-refractivity contribution >= 4 is 28.4 Å². The number of carbonyl (C=O) groups is 1. The summed E-state index contributed by atoms with van der Waals surface area (Å²) in [5.41, 5.74) is 3.22. The molecule has 1 saturated heterocycles. The van der Waals surface area contributed by atoms with Crippen LogP contribution in [0.3, 0.4) is 0 Å². The van der Waals surface area contributed by atoms with Crippen molar-refractivity contribution in [2.75, 3.05) is 37.6 Å². The normalized spacial score (nSPS) is 15.1. The molecular weight excluding hydrogens is 338 g/mol. The van der Waals surface area contributed by atoms with E-state index < -0.39 is 0 Å². The molecule has 142 valence electrons. The van der Waals surface area contributed by atoms with Gasteiger partial charge in [-0.15, -0.1) is 0 Å². The molecule has 2 aromatic heterocycles. The molecule has 0 saturated carbocycles. The van der Waals surface area contributed by atoms with Crippen LogP contribution in [-0.2, 0) is 0 Å². The number of hydrogen-bond donors (Lipinski definition) is 1. The Kier molecular flexibility index (Phi) is 4.88. The number of anilines is 1. The zero-order valence-corrected chi connectivity index (χ0v) is 16.1. The molecule has 3 aromatic rings. The minimum Gasteiger partial charge on any atom is -0.351 e. The molecule has 0 bridgehead atoms. The molecule has 0 aliphatic carbocycles. The van der Waals surface area contributed by atoms with Crippen LogP contribution < -0.4 is 10.2 Å². The maximum Gasteiger partial charge on any atom is 0.317 e. The van der Waals surface area contributed by atoms with Gasteiger partial charge >= 0.3 is 6.03 Å². The lowest BCUT2D eigenvalue weighted by Crippen LogP contribution is -2.52. The van der Waals surface area contributed by atoms with Crippen LogP contribution in [0.5, 0.6) is 0 Å². The topological polar surface area (TPSA) is 52.9 Å². The van der Waals surface area contributed by atoms with Crippen molar-refractivity contribution in [2.45, 2.75) is 20.3 Å². The number of urea groups is 1. The molecular formula is C21H27N5O. The molecule has 6 heteroatoms. The molecule has 0 spiro atoms. The van der Waals surface area contributed by atoms with Gasteiger partial charge in [0.1, 0.15) is 0 Å². The molecule has 0 unspecified atom stereocenters. The second-order valence-corrected chi connectivity index (χ2v) is 7.58. The van der Waals surface area contributed by atoms with Crippen LogP contribution in [0.25, 0.3) is 16.6 Å². The van der Waals surface area contributed by atoms with Gasteiger partial charge in [0.15, 0.2) is 5.82 Å². The number of rotatable bonds is 4. The average Bonchev–Trinajstić information content (AvgIpc) is 3.17. The van der Waals surface area contributed by atoms with Crippen LogP contribution in [0.15, 0.2) is 42.6 Å². The molecule has 1 N–H and O–H groups in total. The summed E-state index contributed by atoms with van der Waals surface area (Å²) in [6.07, 6.45) is 3.10. The maximum atomic E-state index is 12.3. The number of benzene rings is 1. The second kappa shape index (κ2) is 7.47. The number of carbonyl (C=O) groups excluding carboxylic acids is 1. The summed E-state index contributed by atoms with van der Waals surface area (Å²) in [5, 5.41) is 3.04. The minimum atomic E-state index is 0.0506. The van der Waals surface area contributed by atoms with E-state index in [9.17, 15) is 4.79 Å². The van der Waals surface area contributed by atoms with Crippen molar-refractivity contribution in [3.63, 3.8) is 0 Å². The molecule has 0 atom stereocenters. The summed E-state index contributed by atoms with van der Waals surface area (Å²) < 4.78 is 2.20. The fourth-order valence-electron chi connectivity index (χ4n) is 3.64. The van der Waals surface area contributed by atoms with Crippen LogP contribution in [0, 0.1) is 5.92 Å². The number of nitrogens with one attached hydrogen (secondary N) is 1. The standard InChI is InChI=1S/C21H27N5O/c1-16(2)9-10-22-21(27)25-14-12-24(13-15-25)20-19-8-5-11-26(19)18-7-4-3-6-17(18)23-20/h3-8,11,16H,9-10,12-15H2,1-2H3,(H,22,27). The van der Waals surface area contributed by atoms with Crippen molar-refractivity contribution in [1.82, 2.24) is 19.6 Å². The smallest absolute Gasteiger partial charge is 0.317 e. The van der Waals surface area contributed by atoms with E-state index in [1.807, 2.05) is 17.0 Å². The first-order chi connectivity index (χ1) is 13.1. The molecule has 6 nitrogen and oxygen atoms in total. The predicted octanol–water partition coefficient (Wildman–Crippen LogP) is 3.37. The van der Waals surface area contributed by atoms with Gasteiger partial charge in [-0.1, -0.05) is 26.0 Å². The highest BCUT2D eigenvalue weighted by molar-refractivity contribution is 5.85. The lowest BCUT2D eigenvalue weighted by molar-refractivity contribution is 0.194. The SMILES string of the molecule is CC(C)CCNC(=O)N1CCN(c2nc3ccccc3n3cccc23)CC1. The first-order valence-corrected chi connectivity index (χ1v) is 9.77. The highest BCUT2D eigenvalue weighted by Gasteiger charge is 2.23. The van der Waals surface area contributed by atoms with Crippen LogP contribution in [0.4, 0.5) is 10.6 Å². The van der Waals surface area contributed by atoms with Crippen molar-refractivity contribution in [2.24, 2.45) is 5.92 Å². The van der Waals surface area contributed by atoms with E-state index >= 15 is 0 Å². The summed E-state index contributed by atoms with van der Waals surface area (Å²) in [5.74, 6) is 1.60. The van der Waals surface area contributed by atoms with Crippen LogP contribution in [-0.4, -0.2) is 53.0 Å². The number of piperazine rings is 1. The average molecular weight is 365 g/mol. The van der Waals surface area contributed by atoms with Crippen molar-refractivity contribution in [3.05, 3.63) is 42.6 Å². The van der Waals surface area contributed by atoms with Gasteiger partial charge in [0.25, 0.3) is 0 Å². The Morgan fingerprint density at radius 2 is 1.81 bits per heavy atom. The molecule has 2 amide bonds. The van der Waals surface area contributed by atoms with Gasteiger partial charge in [0, 0.05) is 38.9 Å². The first kappa shape index (κ1) is 17.6. The summed E-state index contributed by atoms with van der Waals surface area (Å²) in [6.45, 7) is 8.11. The highest BCUT2D eigenvalue weighted by atomic mass is 16.2. The van der Waals surface area contributed by atoms with E-state index in [0.29, 0.717) is 5.92 Å². The molecule has 0 radical (unpaired) electrons. The van der Waals surface area contributed by atoms with Crippen molar-refractivity contribution in [1.29, 1.82) is 0 Å². The Morgan fingerprint density at radius 1 is 1.07 bits per heavy atom. The van der Waals surface area contributed by atoms with Gasteiger partial charge in [-0.05, 0) is 36.6 Å².